The van der Waals surface area contributed by atoms with Crippen molar-refractivity contribution in [1.29, 1.82) is 0 Å². The van der Waals surface area contributed by atoms with Gasteiger partial charge in [-0.3, -0.25) is 4.79 Å². The van der Waals surface area contributed by atoms with Crippen molar-refractivity contribution >= 4 is 46.4 Å². The van der Waals surface area contributed by atoms with E-state index >= 15 is 0 Å². The van der Waals surface area contributed by atoms with Crippen LogP contribution < -0.4 is 14.8 Å². The number of halogens is 2. The summed E-state index contributed by atoms with van der Waals surface area (Å²) in [5, 5.41) is 3.80. The predicted molar refractivity (Wildman–Crippen MR) is 97.1 cm³/mol. The van der Waals surface area contributed by atoms with Gasteiger partial charge in [-0.1, -0.05) is 29.3 Å². The first-order valence-electron chi connectivity index (χ1n) is 7.36. The van der Waals surface area contributed by atoms with Gasteiger partial charge in [-0.05, 0) is 42.8 Å². The van der Waals surface area contributed by atoms with Gasteiger partial charge in [-0.25, -0.2) is 0 Å². The Morgan fingerprint density at radius 2 is 2.00 bits per heavy atom. The van der Waals surface area contributed by atoms with Gasteiger partial charge < -0.3 is 14.8 Å². The second-order valence-corrected chi connectivity index (χ2v) is 6.01. The van der Waals surface area contributed by atoms with Crippen LogP contribution in [0.1, 0.15) is 18.1 Å². The van der Waals surface area contributed by atoms with Gasteiger partial charge in [0.1, 0.15) is 0 Å². The van der Waals surface area contributed by atoms with Crippen molar-refractivity contribution in [3.05, 3.63) is 51.5 Å². The van der Waals surface area contributed by atoms with Crippen molar-refractivity contribution in [3.63, 3.8) is 0 Å². The van der Waals surface area contributed by atoms with E-state index in [2.05, 4.69) is 5.32 Å². The summed E-state index contributed by atoms with van der Waals surface area (Å²) >= 11 is 12.3. The van der Waals surface area contributed by atoms with Gasteiger partial charge >= 0.3 is 0 Å². The second-order valence-electron chi connectivity index (χ2n) is 5.17. The topological polar surface area (TPSA) is 47.6 Å². The summed E-state index contributed by atoms with van der Waals surface area (Å²) in [6.07, 6.45) is 1.76. The lowest BCUT2D eigenvalue weighted by Crippen LogP contribution is -2.03. The molecule has 124 valence electrons. The Morgan fingerprint density at radius 1 is 1.21 bits per heavy atom. The number of hydrogen-bond donors (Lipinski definition) is 1. The number of carbonyl (C=O) groups excluding carboxylic acids is 1. The highest BCUT2D eigenvalue weighted by atomic mass is 35.5. The Labute approximate surface area is 150 Å². The first-order valence-corrected chi connectivity index (χ1v) is 8.12. The molecule has 3 rings (SSSR count). The highest BCUT2D eigenvalue weighted by Crippen LogP contribution is 2.39. The smallest absolute Gasteiger partial charge is 0.256 e. The molecule has 0 saturated heterocycles. The number of fused-ring (bicyclic) bond motifs is 1. The van der Waals surface area contributed by atoms with Gasteiger partial charge in [0.15, 0.2) is 11.5 Å². The number of amides is 1. The van der Waals surface area contributed by atoms with Gasteiger partial charge in [0, 0.05) is 16.2 Å². The lowest BCUT2D eigenvalue weighted by Gasteiger charge is -2.12. The summed E-state index contributed by atoms with van der Waals surface area (Å²) in [6.45, 7) is 2.35. The third kappa shape index (κ3) is 3.07. The van der Waals surface area contributed by atoms with E-state index in [0.717, 1.165) is 11.1 Å². The molecule has 2 aromatic rings. The fourth-order valence-electron chi connectivity index (χ4n) is 2.58. The van der Waals surface area contributed by atoms with E-state index in [1.165, 1.54) is 0 Å². The summed E-state index contributed by atoms with van der Waals surface area (Å²) < 4.78 is 10.8. The molecule has 24 heavy (non-hydrogen) atoms. The third-order valence-corrected chi connectivity index (χ3v) is 4.13. The normalized spacial score (nSPS) is 14.5. The first kappa shape index (κ1) is 16.7. The Balaban J connectivity index is 2.06. The molecule has 0 aromatic heterocycles. The van der Waals surface area contributed by atoms with E-state index in [4.69, 9.17) is 32.7 Å². The summed E-state index contributed by atoms with van der Waals surface area (Å²) in [5.74, 6) is 0.828. The minimum Gasteiger partial charge on any atom is -0.493 e. The van der Waals surface area contributed by atoms with Gasteiger partial charge in [-0.2, -0.15) is 0 Å². The number of benzene rings is 2. The van der Waals surface area contributed by atoms with Crippen LogP contribution in [-0.4, -0.2) is 19.6 Å². The molecular formula is C18H15Cl2NO3. The number of nitrogens with one attached hydrogen (secondary N) is 1. The van der Waals surface area contributed by atoms with Crippen molar-refractivity contribution in [1.82, 2.24) is 0 Å². The number of hydrogen-bond acceptors (Lipinski definition) is 3. The molecule has 2 aromatic carbocycles. The second kappa shape index (κ2) is 6.75. The molecule has 0 aliphatic carbocycles. The quantitative estimate of drug-likeness (QED) is 0.786. The molecule has 1 aliphatic rings. The molecule has 0 saturated carbocycles. The van der Waals surface area contributed by atoms with Crippen molar-refractivity contribution in [2.75, 3.05) is 19.0 Å². The van der Waals surface area contributed by atoms with Crippen molar-refractivity contribution < 1.29 is 14.3 Å². The van der Waals surface area contributed by atoms with Crippen molar-refractivity contribution in [2.24, 2.45) is 0 Å². The van der Waals surface area contributed by atoms with Crippen LogP contribution in [0.5, 0.6) is 11.5 Å². The zero-order valence-electron chi connectivity index (χ0n) is 13.2. The molecule has 0 bridgehead atoms. The molecule has 0 fully saturated rings. The predicted octanol–water partition coefficient (Wildman–Crippen LogP) is 4.89. The lowest BCUT2D eigenvalue weighted by molar-refractivity contribution is -0.110. The molecule has 0 spiro atoms. The van der Waals surface area contributed by atoms with E-state index in [9.17, 15) is 4.79 Å². The largest absolute Gasteiger partial charge is 0.493 e. The highest BCUT2D eigenvalue weighted by molar-refractivity contribution is 6.37. The standard InChI is InChI=1S/C18H15Cl2NO3/c1-3-24-17-14(20)7-10(8-16(17)23-2)6-13-12-5-4-11(19)9-15(12)21-18(13)22/h4-9H,3H2,1-2H3,(H,21,22)/b13-6+. The summed E-state index contributed by atoms with van der Waals surface area (Å²) in [5.41, 5.74) is 2.79. The van der Waals surface area contributed by atoms with E-state index in [1.807, 2.05) is 13.0 Å². The minimum absolute atomic E-state index is 0.184. The zero-order valence-corrected chi connectivity index (χ0v) is 14.7. The summed E-state index contributed by atoms with van der Waals surface area (Å²) in [6, 6.07) is 8.81. The van der Waals surface area contributed by atoms with Gasteiger partial charge in [0.2, 0.25) is 0 Å². The maximum atomic E-state index is 12.2. The number of methoxy groups -OCH3 is 1. The fraction of sp³-hybridized carbons (Fsp3) is 0.167. The molecule has 1 aliphatic heterocycles. The fourth-order valence-corrected chi connectivity index (χ4v) is 3.03. The van der Waals surface area contributed by atoms with Crippen LogP contribution in [0, 0.1) is 0 Å². The number of anilines is 1. The van der Waals surface area contributed by atoms with Crippen LogP contribution in [0.15, 0.2) is 30.3 Å². The Morgan fingerprint density at radius 3 is 2.71 bits per heavy atom. The molecule has 0 radical (unpaired) electrons. The SMILES string of the molecule is CCOc1c(Cl)cc(/C=C2/C(=O)Nc3cc(Cl)ccc32)cc1OC. The minimum atomic E-state index is -0.184. The average molecular weight is 364 g/mol. The average Bonchev–Trinajstić information content (AvgIpc) is 2.84. The van der Waals surface area contributed by atoms with Gasteiger partial charge in [0.25, 0.3) is 5.91 Å². The maximum Gasteiger partial charge on any atom is 0.256 e. The monoisotopic (exact) mass is 363 g/mol. The van der Waals surface area contributed by atoms with Gasteiger partial charge in [-0.15, -0.1) is 0 Å². The molecule has 1 amide bonds. The van der Waals surface area contributed by atoms with E-state index in [-0.39, 0.29) is 5.91 Å². The summed E-state index contributed by atoms with van der Waals surface area (Å²) in [7, 11) is 1.55. The molecule has 1 heterocycles. The Kier molecular flexibility index (Phi) is 4.69. The molecule has 0 unspecified atom stereocenters. The lowest BCUT2D eigenvalue weighted by atomic mass is 10.0. The van der Waals surface area contributed by atoms with Gasteiger partial charge in [0.05, 0.1) is 24.4 Å². The molecule has 4 nitrogen and oxygen atoms in total. The number of ether oxygens (including phenoxy) is 2. The van der Waals surface area contributed by atoms with Crippen LogP contribution in [0.25, 0.3) is 11.6 Å². The maximum absolute atomic E-state index is 12.2. The molecule has 1 N–H and O–H groups in total. The molecule has 0 atom stereocenters. The zero-order chi connectivity index (χ0) is 17.3. The molecular weight excluding hydrogens is 349 g/mol. The van der Waals surface area contributed by atoms with Crippen LogP contribution in [0.4, 0.5) is 5.69 Å². The van der Waals surface area contributed by atoms with Crippen LogP contribution in [0.2, 0.25) is 10.0 Å². The summed E-state index contributed by atoms with van der Waals surface area (Å²) in [4.78, 5) is 12.2. The Hall–Kier alpha value is -2.17. The van der Waals surface area contributed by atoms with Crippen LogP contribution in [0.3, 0.4) is 0 Å². The highest BCUT2D eigenvalue weighted by Gasteiger charge is 2.24. The number of carbonyl (C=O) groups is 1. The van der Waals surface area contributed by atoms with Crippen LogP contribution >= 0.6 is 23.2 Å². The third-order valence-electron chi connectivity index (χ3n) is 3.62. The van der Waals surface area contributed by atoms with Crippen molar-refractivity contribution in [3.8, 4) is 11.5 Å². The van der Waals surface area contributed by atoms with E-state index in [1.54, 1.807) is 37.5 Å². The van der Waals surface area contributed by atoms with Crippen LogP contribution in [-0.2, 0) is 4.79 Å². The van der Waals surface area contributed by atoms with E-state index < -0.39 is 0 Å². The first-order chi connectivity index (χ1) is 11.5. The number of rotatable bonds is 4. The van der Waals surface area contributed by atoms with E-state index in [0.29, 0.717) is 39.4 Å². The van der Waals surface area contributed by atoms with Crippen molar-refractivity contribution in [2.45, 2.75) is 6.92 Å². The Bertz CT molecular complexity index is 846. The molecule has 6 heteroatoms.